The first-order valence-electron chi connectivity index (χ1n) is 8.71. The van der Waals surface area contributed by atoms with Crippen LogP contribution in [0.3, 0.4) is 0 Å². The van der Waals surface area contributed by atoms with Crippen LogP contribution in [0.1, 0.15) is 17.8 Å². The van der Waals surface area contributed by atoms with Gasteiger partial charge in [0.2, 0.25) is 5.91 Å². The second-order valence-corrected chi connectivity index (χ2v) is 9.29. The van der Waals surface area contributed by atoms with Gasteiger partial charge in [-0.3, -0.25) is 4.79 Å². The summed E-state index contributed by atoms with van der Waals surface area (Å²) in [6, 6.07) is 7.46. The lowest BCUT2D eigenvalue weighted by molar-refractivity contribution is -0.117. The highest BCUT2D eigenvalue weighted by Gasteiger charge is 2.18. The summed E-state index contributed by atoms with van der Waals surface area (Å²) in [5, 5.41) is 2.40. The number of imidazole rings is 1. The van der Waals surface area contributed by atoms with Gasteiger partial charge in [-0.15, -0.1) is 11.3 Å². The van der Waals surface area contributed by atoms with Gasteiger partial charge in [0.15, 0.2) is 9.83 Å². The van der Waals surface area contributed by atoms with Gasteiger partial charge < -0.3 is 9.13 Å². The van der Waals surface area contributed by atoms with E-state index in [1.54, 1.807) is 24.6 Å². The minimum Gasteiger partial charge on any atom is -0.337 e. The maximum atomic E-state index is 12.2. The Bertz CT molecular complexity index is 1170. The van der Waals surface area contributed by atoms with Gasteiger partial charge in [-0.1, -0.05) is 29.8 Å². The number of aromatic nitrogens is 3. The average Bonchev–Trinajstić information content (AvgIpc) is 3.23. The maximum absolute atomic E-state index is 12.2. The third-order valence-corrected chi connectivity index (χ3v) is 6.67. The Balaban J connectivity index is 1.63. The molecule has 2 heterocycles. The lowest BCUT2D eigenvalue weighted by Crippen LogP contribution is -2.27. The standard InChI is InChI=1S/C18H20ClN5O3S2/c1-13-21-17(12-23(13)2)29(26,27)20-8-7-16(25)22-18-24(9-10-28-18)11-14-5-3-4-6-15(14)19/h3-6,9-10,12,20H,7-8,11H2,1-2H3. The smallest absolute Gasteiger partial charge is 0.259 e. The highest BCUT2D eigenvalue weighted by Crippen LogP contribution is 2.15. The Morgan fingerprint density at radius 3 is 2.79 bits per heavy atom. The summed E-state index contributed by atoms with van der Waals surface area (Å²) in [4.78, 5) is 20.8. The van der Waals surface area contributed by atoms with E-state index in [9.17, 15) is 13.2 Å². The van der Waals surface area contributed by atoms with Crippen molar-refractivity contribution < 1.29 is 13.2 Å². The molecule has 0 aliphatic heterocycles. The van der Waals surface area contributed by atoms with Crippen molar-refractivity contribution in [3.8, 4) is 0 Å². The Morgan fingerprint density at radius 2 is 2.10 bits per heavy atom. The summed E-state index contributed by atoms with van der Waals surface area (Å²) in [6.45, 7) is 2.14. The molecule has 0 bridgehead atoms. The molecule has 0 saturated heterocycles. The molecule has 0 fully saturated rings. The fourth-order valence-electron chi connectivity index (χ4n) is 2.50. The van der Waals surface area contributed by atoms with Crippen LogP contribution in [-0.2, 0) is 28.4 Å². The number of amides is 1. The van der Waals surface area contributed by atoms with Crippen LogP contribution in [0.2, 0.25) is 5.02 Å². The highest BCUT2D eigenvalue weighted by molar-refractivity contribution is 7.89. The molecule has 0 aliphatic carbocycles. The molecule has 3 rings (SSSR count). The predicted molar refractivity (Wildman–Crippen MR) is 111 cm³/mol. The molecule has 11 heteroatoms. The number of rotatable bonds is 7. The SMILES string of the molecule is Cc1nc(S(=O)(=O)NCCC(=O)N=c2sccn2Cc2ccccc2Cl)cn1C. The van der Waals surface area contributed by atoms with E-state index >= 15 is 0 Å². The Labute approximate surface area is 177 Å². The molecule has 1 N–H and O–H groups in total. The number of nitrogens with zero attached hydrogens (tertiary/aromatic N) is 4. The molecule has 0 atom stereocenters. The van der Waals surface area contributed by atoms with Crippen molar-refractivity contribution in [2.24, 2.45) is 12.0 Å². The number of aryl methyl sites for hydroxylation is 2. The summed E-state index contributed by atoms with van der Waals surface area (Å²) >= 11 is 7.52. The first kappa shape index (κ1) is 21.4. The third-order valence-electron chi connectivity index (χ3n) is 4.17. The molecule has 0 radical (unpaired) electrons. The van der Waals surface area contributed by atoms with Crippen molar-refractivity contribution in [1.82, 2.24) is 18.8 Å². The van der Waals surface area contributed by atoms with Crippen LogP contribution in [0.25, 0.3) is 0 Å². The normalized spacial score (nSPS) is 12.4. The third kappa shape index (κ3) is 5.41. The van der Waals surface area contributed by atoms with Crippen LogP contribution in [0.5, 0.6) is 0 Å². The molecular weight excluding hydrogens is 434 g/mol. The summed E-state index contributed by atoms with van der Waals surface area (Å²) in [5.74, 6) is 0.164. The van der Waals surface area contributed by atoms with Gasteiger partial charge in [0, 0.05) is 42.8 Å². The number of hydrogen-bond acceptors (Lipinski definition) is 5. The minimum absolute atomic E-state index is 0.0593. The summed E-state index contributed by atoms with van der Waals surface area (Å²) < 4.78 is 30.3. The van der Waals surface area contributed by atoms with Crippen LogP contribution in [0, 0.1) is 6.92 Å². The summed E-state index contributed by atoms with van der Waals surface area (Å²) in [7, 11) is -2.06. The van der Waals surface area contributed by atoms with E-state index in [4.69, 9.17) is 11.6 Å². The van der Waals surface area contributed by atoms with E-state index in [0.717, 1.165) is 5.56 Å². The zero-order chi connectivity index (χ0) is 21.0. The second-order valence-electron chi connectivity index (χ2n) is 6.30. The molecule has 0 aliphatic rings. The molecule has 1 amide bonds. The molecule has 29 heavy (non-hydrogen) atoms. The molecule has 0 saturated carbocycles. The average molecular weight is 454 g/mol. The Morgan fingerprint density at radius 1 is 1.34 bits per heavy atom. The first-order valence-corrected chi connectivity index (χ1v) is 11.4. The largest absolute Gasteiger partial charge is 0.337 e. The number of hydrogen-bond donors (Lipinski definition) is 1. The Kier molecular flexibility index (Phi) is 6.68. The highest BCUT2D eigenvalue weighted by atomic mass is 35.5. The molecule has 3 aromatic rings. The summed E-state index contributed by atoms with van der Waals surface area (Å²) in [6.07, 6.45) is 3.19. The van der Waals surface area contributed by atoms with Gasteiger partial charge in [0.25, 0.3) is 10.0 Å². The van der Waals surface area contributed by atoms with Crippen LogP contribution in [0.15, 0.2) is 52.1 Å². The molecule has 0 spiro atoms. The number of benzene rings is 1. The number of nitrogens with one attached hydrogen (secondary N) is 1. The van der Waals surface area contributed by atoms with Crippen molar-refractivity contribution in [3.05, 3.63) is 63.3 Å². The summed E-state index contributed by atoms with van der Waals surface area (Å²) in [5.41, 5.74) is 0.917. The first-order chi connectivity index (χ1) is 13.8. The van der Waals surface area contributed by atoms with Crippen LogP contribution in [0.4, 0.5) is 0 Å². The van der Waals surface area contributed by atoms with E-state index in [1.165, 1.54) is 17.5 Å². The van der Waals surface area contributed by atoms with E-state index in [-0.39, 0.29) is 18.0 Å². The number of carbonyl (C=O) groups is 1. The zero-order valence-electron chi connectivity index (χ0n) is 15.9. The monoisotopic (exact) mass is 453 g/mol. The van der Waals surface area contributed by atoms with Crippen LogP contribution in [-0.4, -0.2) is 35.0 Å². The van der Waals surface area contributed by atoms with Gasteiger partial charge in [0.1, 0.15) is 5.82 Å². The molecule has 2 aromatic heterocycles. The molecule has 1 aromatic carbocycles. The van der Waals surface area contributed by atoms with Crippen molar-refractivity contribution in [1.29, 1.82) is 0 Å². The second kappa shape index (κ2) is 9.04. The zero-order valence-corrected chi connectivity index (χ0v) is 18.3. The van der Waals surface area contributed by atoms with Crippen LogP contribution < -0.4 is 9.52 Å². The fourth-order valence-corrected chi connectivity index (χ4v) is 4.51. The van der Waals surface area contributed by atoms with Crippen molar-refractivity contribution >= 4 is 38.9 Å². The Hall–Kier alpha value is -2.27. The number of thiazole rings is 1. The van der Waals surface area contributed by atoms with Crippen LogP contribution >= 0.6 is 22.9 Å². The fraction of sp³-hybridized carbons (Fsp3) is 0.278. The minimum atomic E-state index is -3.77. The van der Waals surface area contributed by atoms with Crippen molar-refractivity contribution in [2.45, 2.75) is 24.9 Å². The van der Waals surface area contributed by atoms with Gasteiger partial charge in [-0.05, 0) is 18.6 Å². The quantitative estimate of drug-likeness (QED) is 0.592. The molecular formula is C18H20ClN5O3S2. The van der Waals surface area contributed by atoms with Gasteiger partial charge in [-0.25, -0.2) is 18.1 Å². The van der Waals surface area contributed by atoms with E-state index in [2.05, 4.69) is 14.7 Å². The van der Waals surface area contributed by atoms with Gasteiger partial charge in [0.05, 0.1) is 6.54 Å². The molecule has 0 unspecified atom stereocenters. The van der Waals surface area contributed by atoms with E-state index in [0.29, 0.717) is 22.2 Å². The topological polar surface area (TPSA) is 98.3 Å². The molecule has 8 nitrogen and oxygen atoms in total. The lowest BCUT2D eigenvalue weighted by Gasteiger charge is -2.05. The predicted octanol–water partition coefficient (Wildman–Crippen LogP) is 2.09. The van der Waals surface area contributed by atoms with Gasteiger partial charge >= 0.3 is 0 Å². The molecule has 154 valence electrons. The number of halogens is 1. The lowest BCUT2D eigenvalue weighted by atomic mass is 10.2. The number of sulfonamides is 1. The number of carbonyl (C=O) groups excluding carboxylic acids is 1. The van der Waals surface area contributed by atoms with Crippen molar-refractivity contribution in [2.75, 3.05) is 6.54 Å². The maximum Gasteiger partial charge on any atom is 0.259 e. The van der Waals surface area contributed by atoms with Crippen molar-refractivity contribution in [3.63, 3.8) is 0 Å². The van der Waals surface area contributed by atoms with Gasteiger partial charge in [-0.2, -0.15) is 4.99 Å². The van der Waals surface area contributed by atoms with E-state index in [1.807, 2.05) is 34.3 Å². The van der Waals surface area contributed by atoms with E-state index < -0.39 is 15.9 Å².